The van der Waals surface area contributed by atoms with Crippen LogP contribution in [-0.2, 0) is 6.61 Å². The van der Waals surface area contributed by atoms with Crippen molar-refractivity contribution in [2.24, 2.45) is 0 Å². The molecule has 3 N–H and O–H groups in total. The van der Waals surface area contributed by atoms with Gasteiger partial charge in [0, 0.05) is 16.9 Å². The molecule has 16 heavy (non-hydrogen) atoms. The van der Waals surface area contributed by atoms with E-state index in [0.717, 1.165) is 9.90 Å². The van der Waals surface area contributed by atoms with E-state index in [9.17, 15) is 0 Å². The molecule has 0 amide bonds. The number of benzene rings is 1. The summed E-state index contributed by atoms with van der Waals surface area (Å²) in [5, 5.41) is 8.70. The van der Waals surface area contributed by atoms with Crippen LogP contribution in [0.25, 0.3) is 0 Å². The summed E-state index contributed by atoms with van der Waals surface area (Å²) in [6.45, 7) is 0.348. The Labute approximate surface area is 100 Å². The fraction of sp³-hybridized carbons (Fsp3) is 0.111. The zero-order chi connectivity index (χ0) is 11.4. The van der Waals surface area contributed by atoms with Gasteiger partial charge in [0.15, 0.2) is 5.01 Å². The van der Waals surface area contributed by atoms with Gasteiger partial charge in [-0.15, -0.1) is 10.2 Å². The second-order valence-corrected chi connectivity index (χ2v) is 4.63. The first-order valence-corrected chi connectivity index (χ1v) is 5.99. The molecular formula is C9H9N3O2S2. The molecule has 0 aliphatic carbocycles. The van der Waals surface area contributed by atoms with Crippen LogP contribution in [0.3, 0.4) is 0 Å². The third-order valence-electron chi connectivity index (χ3n) is 1.77. The van der Waals surface area contributed by atoms with Crippen LogP contribution in [-0.4, -0.2) is 14.8 Å². The maximum atomic E-state index is 8.78. The molecule has 7 heteroatoms. The van der Waals surface area contributed by atoms with Crippen molar-refractivity contribution < 1.29 is 9.29 Å². The summed E-state index contributed by atoms with van der Waals surface area (Å²) in [6, 6.07) is 7.11. The summed E-state index contributed by atoms with van der Waals surface area (Å²) in [7, 11) is 0. The van der Waals surface area contributed by atoms with E-state index in [0.29, 0.717) is 29.5 Å². The van der Waals surface area contributed by atoms with Crippen molar-refractivity contribution in [3.8, 4) is 5.75 Å². The molecule has 5 nitrogen and oxygen atoms in total. The molecule has 0 saturated heterocycles. The molecule has 0 bridgehead atoms. The monoisotopic (exact) mass is 255 g/mol. The second kappa shape index (κ2) is 5.15. The maximum absolute atomic E-state index is 8.78. The van der Waals surface area contributed by atoms with Gasteiger partial charge < -0.3 is 15.0 Å². The van der Waals surface area contributed by atoms with E-state index in [1.165, 1.54) is 11.3 Å². The van der Waals surface area contributed by atoms with Crippen molar-refractivity contribution in [3.05, 3.63) is 29.3 Å². The Morgan fingerprint density at radius 1 is 1.31 bits per heavy atom. The van der Waals surface area contributed by atoms with E-state index < -0.39 is 0 Å². The van der Waals surface area contributed by atoms with Crippen molar-refractivity contribution in [2.75, 3.05) is 5.73 Å². The van der Waals surface area contributed by atoms with E-state index in [2.05, 4.69) is 10.2 Å². The van der Waals surface area contributed by atoms with Crippen molar-refractivity contribution in [3.63, 3.8) is 0 Å². The quantitative estimate of drug-likeness (QED) is 0.816. The van der Waals surface area contributed by atoms with Gasteiger partial charge in [-0.25, -0.2) is 0 Å². The van der Waals surface area contributed by atoms with Crippen LogP contribution in [0, 0.1) is 0 Å². The van der Waals surface area contributed by atoms with Crippen LogP contribution < -0.4 is 10.5 Å². The Morgan fingerprint density at radius 3 is 2.62 bits per heavy atom. The fourth-order valence-corrected chi connectivity index (χ4v) is 1.85. The Bertz CT molecular complexity index is 458. The van der Waals surface area contributed by atoms with E-state index in [1.807, 2.05) is 0 Å². The molecule has 0 aliphatic rings. The number of nitrogens with two attached hydrogens (primary N) is 1. The van der Waals surface area contributed by atoms with Crippen molar-refractivity contribution in [1.29, 1.82) is 0 Å². The lowest BCUT2D eigenvalue weighted by Crippen LogP contribution is -1.94. The van der Waals surface area contributed by atoms with E-state index >= 15 is 0 Å². The minimum Gasteiger partial charge on any atom is -0.486 e. The number of nitrogen functional groups attached to an aromatic ring is 1. The van der Waals surface area contributed by atoms with Crippen LogP contribution in [0.15, 0.2) is 29.2 Å². The number of anilines is 1. The molecule has 0 radical (unpaired) electrons. The first-order chi connectivity index (χ1) is 7.78. The number of aromatic nitrogens is 2. The molecule has 84 valence electrons. The van der Waals surface area contributed by atoms with E-state index in [-0.39, 0.29) is 0 Å². The molecule has 0 atom stereocenters. The zero-order valence-electron chi connectivity index (χ0n) is 8.16. The second-order valence-electron chi connectivity index (χ2n) is 2.89. The van der Waals surface area contributed by atoms with Gasteiger partial charge in [-0.3, -0.25) is 0 Å². The van der Waals surface area contributed by atoms with Gasteiger partial charge in [0.25, 0.3) is 0 Å². The standard InChI is InChI=1S/C9H9N3O2S2/c10-9-12-11-8(15-9)5-14-6-1-3-7(16-13)4-2-6/h1-4,13H,5H2,(H2,10,12). The predicted octanol–water partition coefficient (Wildman–Crippen LogP) is 2.26. The molecule has 1 aromatic heterocycles. The largest absolute Gasteiger partial charge is 0.486 e. The van der Waals surface area contributed by atoms with E-state index in [1.54, 1.807) is 24.3 Å². The van der Waals surface area contributed by atoms with Crippen LogP contribution in [0.1, 0.15) is 5.01 Å². The third-order valence-corrected chi connectivity index (χ3v) is 2.98. The van der Waals surface area contributed by atoms with Crippen LogP contribution in [0.2, 0.25) is 0 Å². The van der Waals surface area contributed by atoms with Gasteiger partial charge in [0.1, 0.15) is 12.4 Å². The highest BCUT2D eigenvalue weighted by Gasteiger charge is 2.02. The summed E-state index contributed by atoms with van der Waals surface area (Å²) < 4.78 is 14.3. The third kappa shape index (κ3) is 2.84. The van der Waals surface area contributed by atoms with Crippen molar-refractivity contribution in [2.45, 2.75) is 11.5 Å². The van der Waals surface area contributed by atoms with Crippen LogP contribution in [0.4, 0.5) is 5.13 Å². The molecular weight excluding hydrogens is 246 g/mol. The molecule has 0 spiro atoms. The smallest absolute Gasteiger partial charge is 0.203 e. The minimum absolute atomic E-state index is 0.348. The number of rotatable bonds is 4. The Hall–Kier alpha value is -1.31. The summed E-state index contributed by atoms with van der Waals surface area (Å²) in [6.07, 6.45) is 0. The molecule has 2 aromatic rings. The molecule has 0 unspecified atom stereocenters. The normalized spacial score (nSPS) is 10.3. The lowest BCUT2D eigenvalue weighted by atomic mass is 10.3. The number of nitrogens with zero attached hydrogens (tertiary/aromatic N) is 2. The maximum Gasteiger partial charge on any atom is 0.203 e. The molecule has 1 heterocycles. The topological polar surface area (TPSA) is 81.3 Å². The lowest BCUT2D eigenvalue weighted by molar-refractivity contribution is 0.304. The number of hydrogen-bond donors (Lipinski definition) is 2. The molecule has 1 aromatic carbocycles. The Morgan fingerprint density at radius 2 is 2.06 bits per heavy atom. The summed E-state index contributed by atoms with van der Waals surface area (Å²) >= 11 is 2.00. The highest BCUT2D eigenvalue weighted by molar-refractivity contribution is 7.93. The fourth-order valence-electron chi connectivity index (χ4n) is 1.07. The average molecular weight is 255 g/mol. The first kappa shape index (κ1) is 11.2. The highest BCUT2D eigenvalue weighted by atomic mass is 32.2. The van der Waals surface area contributed by atoms with Gasteiger partial charge in [-0.2, -0.15) is 0 Å². The van der Waals surface area contributed by atoms with Gasteiger partial charge in [-0.05, 0) is 24.3 Å². The summed E-state index contributed by atoms with van der Waals surface area (Å²) in [4.78, 5) is 0.771. The van der Waals surface area contributed by atoms with Gasteiger partial charge in [0.2, 0.25) is 5.13 Å². The predicted molar refractivity (Wildman–Crippen MR) is 63.6 cm³/mol. The van der Waals surface area contributed by atoms with Crippen LogP contribution >= 0.6 is 23.4 Å². The molecule has 2 rings (SSSR count). The first-order valence-electron chi connectivity index (χ1n) is 4.40. The highest BCUT2D eigenvalue weighted by Crippen LogP contribution is 2.20. The molecule has 0 fully saturated rings. The molecule has 0 saturated carbocycles. The SMILES string of the molecule is Nc1nnc(COc2ccc(SO)cc2)s1. The van der Waals surface area contributed by atoms with Gasteiger partial charge in [0.05, 0.1) is 0 Å². The van der Waals surface area contributed by atoms with Gasteiger partial charge >= 0.3 is 0 Å². The average Bonchev–Trinajstić information content (AvgIpc) is 2.73. The van der Waals surface area contributed by atoms with Gasteiger partial charge in [-0.1, -0.05) is 11.3 Å². The van der Waals surface area contributed by atoms with Crippen molar-refractivity contribution in [1.82, 2.24) is 10.2 Å². The lowest BCUT2D eigenvalue weighted by Gasteiger charge is -2.03. The van der Waals surface area contributed by atoms with E-state index in [4.69, 9.17) is 15.0 Å². The van der Waals surface area contributed by atoms with Crippen molar-refractivity contribution >= 4 is 28.5 Å². The van der Waals surface area contributed by atoms with Crippen LogP contribution in [0.5, 0.6) is 5.75 Å². The number of hydrogen-bond acceptors (Lipinski definition) is 7. The molecule has 0 aliphatic heterocycles. The number of ether oxygens (including phenoxy) is 1. The summed E-state index contributed by atoms with van der Waals surface area (Å²) in [5.74, 6) is 0.714. The Kier molecular flexibility index (Phi) is 3.60. The summed E-state index contributed by atoms with van der Waals surface area (Å²) in [5.41, 5.74) is 5.44. The Balaban J connectivity index is 1.94. The minimum atomic E-state index is 0.348. The zero-order valence-corrected chi connectivity index (χ0v) is 9.79.